The number of amides is 1. The molecule has 0 aliphatic carbocycles. The molecule has 1 fully saturated rings. The van der Waals surface area contributed by atoms with Crippen LogP contribution in [0.25, 0.3) is 5.57 Å². The van der Waals surface area contributed by atoms with Gasteiger partial charge < -0.3 is 9.80 Å². The first-order valence-corrected chi connectivity index (χ1v) is 12.2. The molecule has 0 radical (unpaired) electrons. The van der Waals surface area contributed by atoms with Gasteiger partial charge in [-0.25, -0.2) is 26.3 Å². The van der Waals surface area contributed by atoms with Crippen LogP contribution in [0.4, 0.5) is 37.7 Å². The first kappa shape index (κ1) is 26.9. The molecular weight excluding hydrogens is 516 g/mol. The first-order valence-electron chi connectivity index (χ1n) is 11.3. The van der Waals surface area contributed by atoms with Crippen molar-refractivity contribution in [1.29, 1.82) is 0 Å². The number of halogens is 6. The molecular formula is C26H23F6N3OS. The van der Waals surface area contributed by atoms with Crippen LogP contribution in [0.2, 0.25) is 0 Å². The Balaban J connectivity index is 1.57. The summed E-state index contributed by atoms with van der Waals surface area (Å²) in [5, 5.41) is 5.45. The van der Waals surface area contributed by atoms with Crippen LogP contribution in [0.15, 0.2) is 59.8 Å². The number of carbonyl (C=O) groups excluding carboxylic acids is 1. The molecule has 2 aromatic carbocycles. The van der Waals surface area contributed by atoms with E-state index in [4.69, 9.17) is 5.14 Å². The van der Waals surface area contributed by atoms with Gasteiger partial charge in [0.2, 0.25) is 5.91 Å². The molecule has 2 aliphatic rings. The minimum absolute atomic E-state index is 0.00478. The van der Waals surface area contributed by atoms with Crippen molar-refractivity contribution in [3.8, 4) is 0 Å². The van der Waals surface area contributed by atoms with Gasteiger partial charge in [0.25, 0.3) is 6.43 Å². The average Bonchev–Trinajstić information content (AvgIpc) is 3.20. The number of fused-ring (bicyclic) bond motifs is 1. The van der Waals surface area contributed by atoms with Gasteiger partial charge in [0, 0.05) is 30.8 Å². The third kappa shape index (κ3) is 4.89. The van der Waals surface area contributed by atoms with E-state index in [9.17, 15) is 31.1 Å². The number of rotatable bonds is 7. The number of hydrogen-bond donors (Lipinski definition) is 1. The predicted molar refractivity (Wildman–Crippen MR) is 133 cm³/mol. The number of hydrogen-bond acceptors (Lipinski definition) is 4. The molecule has 0 aromatic heterocycles. The van der Waals surface area contributed by atoms with Crippen molar-refractivity contribution >= 4 is 34.8 Å². The number of nitrogens with zero attached hydrogens (tertiary/aromatic N) is 2. The van der Waals surface area contributed by atoms with E-state index in [1.807, 2.05) is 0 Å². The van der Waals surface area contributed by atoms with Gasteiger partial charge in [0.15, 0.2) is 0 Å². The summed E-state index contributed by atoms with van der Waals surface area (Å²) in [7, 11) is 0. The summed E-state index contributed by atoms with van der Waals surface area (Å²) in [6, 6.07) is 2.84. The molecule has 2 heterocycles. The molecule has 37 heavy (non-hydrogen) atoms. The Morgan fingerprint density at radius 2 is 1.78 bits per heavy atom. The Morgan fingerprint density at radius 1 is 1.14 bits per heavy atom. The van der Waals surface area contributed by atoms with Crippen LogP contribution in [-0.2, 0) is 11.2 Å². The van der Waals surface area contributed by atoms with Crippen LogP contribution in [0.1, 0.15) is 18.1 Å². The smallest absolute Gasteiger partial charge is 0.259 e. The SMILES string of the molecule is C=C/C=C(\C(F)=C/C)c1cc(F)c(N2CC(C(=O)N3c4cc(SN)c(F)cc4CC3C(F)F)C2)c(F)c1. The second kappa shape index (κ2) is 10.7. The number of alkyl halides is 2. The Morgan fingerprint density at radius 3 is 2.32 bits per heavy atom. The van der Waals surface area contributed by atoms with Crippen LogP contribution < -0.4 is 14.9 Å². The Bertz CT molecular complexity index is 1280. The summed E-state index contributed by atoms with van der Waals surface area (Å²) < 4.78 is 85.8. The zero-order valence-corrected chi connectivity index (χ0v) is 20.5. The van der Waals surface area contributed by atoms with E-state index < -0.39 is 53.3 Å². The van der Waals surface area contributed by atoms with E-state index in [2.05, 4.69) is 6.58 Å². The van der Waals surface area contributed by atoms with Gasteiger partial charge >= 0.3 is 0 Å². The molecule has 2 N–H and O–H groups in total. The molecule has 2 aliphatic heterocycles. The summed E-state index contributed by atoms with van der Waals surface area (Å²) in [5.41, 5.74) is -0.0676. The highest BCUT2D eigenvalue weighted by Gasteiger charge is 2.45. The number of nitrogens with two attached hydrogens (primary N) is 1. The lowest BCUT2D eigenvalue weighted by molar-refractivity contribution is -0.124. The number of anilines is 2. The predicted octanol–water partition coefficient (Wildman–Crippen LogP) is 6.17. The summed E-state index contributed by atoms with van der Waals surface area (Å²) in [6.45, 7) is 4.68. The zero-order chi connectivity index (χ0) is 27.0. The Kier molecular flexibility index (Phi) is 7.75. The van der Waals surface area contributed by atoms with Gasteiger partial charge in [-0.2, -0.15) is 0 Å². The highest BCUT2D eigenvalue weighted by atomic mass is 32.2. The molecule has 1 unspecified atom stereocenters. The van der Waals surface area contributed by atoms with Gasteiger partial charge in [-0.15, -0.1) is 0 Å². The lowest BCUT2D eigenvalue weighted by Crippen LogP contribution is -2.57. The largest absolute Gasteiger partial charge is 0.365 e. The molecule has 0 bridgehead atoms. The standard InChI is InChI=1S/C26H23F6N3OS/c1-3-5-16(17(27)4-2)13-6-19(29)24(20(30)7-13)34-11-15(12-34)26(36)35-21-10-23(37-33)18(28)8-14(21)9-22(35)25(31)32/h3-8,10,15,22,25H,1,9,11-12,33H2,2H3/b16-5-,17-4+. The summed E-state index contributed by atoms with van der Waals surface area (Å²) in [5.74, 6) is -4.74. The minimum Gasteiger partial charge on any atom is -0.365 e. The van der Waals surface area contributed by atoms with E-state index in [-0.39, 0.29) is 46.8 Å². The van der Waals surface area contributed by atoms with Gasteiger partial charge in [-0.05, 0) is 54.3 Å². The van der Waals surface area contributed by atoms with Crippen LogP contribution in [0.5, 0.6) is 0 Å². The highest BCUT2D eigenvalue weighted by Crippen LogP contribution is 2.41. The molecule has 1 amide bonds. The highest BCUT2D eigenvalue weighted by molar-refractivity contribution is 7.97. The third-order valence-corrected chi connectivity index (χ3v) is 7.05. The fraction of sp³-hybridized carbons (Fsp3) is 0.269. The molecule has 1 saturated heterocycles. The monoisotopic (exact) mass is 539 g/mol. The minimum atomic E-state index is -2.89. The lowest BCUT2D eigenvalue weighted by Gasteiger charge is -2.42. The fourth-order valence-electron chi connectivity index (χ4n) is 4.67. The molecule has 4 rings (SSSR count). The van der Waals surface area contributed by atoms with E-state index in [1.54, 1.807) is 0 Å². The second-order valence-electron chi connectivity index (χ2n) is 8.69. The Labute approximate surface area is 214 Å². The average molecular weight is 540 g/mol. The fourth-order valence-corrected chi connectivity index (χ4v) is 5.02. The molecule has 2 aromatic rings. The number of allylic oxidation sites excluding steroid dienone is 5. The van der Waals surface area contributed by atoms with Crippen LogP contribution in [-0.4, -0.2) is 31.5 Å². The first-order chi connectivity index (χ1) is 17.6. The van der Waals surface area contributed by atoms with Gasteiger partial charge in [0.05, 0.1) is 10.8 Å². The number of benzene rings is 2. The maximum Gasteiger partial charge on any atom is 0.259 e. The van der Waals surface area contributed by atoms with Gasteiger partial charge in [-0.3, -0.25) is 9.93 Å². The van der Waals surface area contributed by atoms with Crippen molar-refractivity contribution in [3.63, 3.8) is 0 Å². The molecule has 0 saturated carbocycles. The molecule has 1 atom stereocenters. The third-order valence-electron chi connectivity index (χ3n) is 6.48. The van der Waals surface area contributed by atoms with Crippen molar-refractivity contribution in [2.45, 2.75) is 30.7 Å². The molecule has 4 nitrogen and oxygen atoms in total. The normalized spacial score (nSPS) is 18.4. The maximum absolute atomic E-state index is 14.9. The van der Waals surface area contributed by atoms with Gasteiger partial charge in [-0.1, -0.05) is 24.8 Å². The number of carbonyl (C=O) groups is 1. The summed E-state index contributed by atoms with van der Waals surface area (Å²) in [6.07, 6.45) is 0.616. The van der Waals surface area contributed by atoms with E-state index in [0.717, 1.165) is 29.2 Å². The van der Waals surface area contributed by atoms with Crippen molar-refractivity contribution in [2.75, 3.05) is 22.9 Å². The van der Waals surface area contributed by atoms with Crippen molar-refractivity contribution < 1.29 is 31.1 Å². The molecule has 196 valence electrons. The summed E-state index contributed by atoms with van der Waals surface area (Å²) >= 11 is 0.595. The van der Waals surface area contributed by atoms with Crippen molar-refractivity contribution in [2.24, 2.45) is 11.1 Å². The maximum atomic E-state index is 14.9. The van der Waals surface area contributed by atoms with Crippen molar-refractivity contribution in [1.82, 2.24) is 0 Å². The van der Waals surface area contributed by atoms with Crippen LogP contribution in [0.3, 0.4) is 0 Å². The Hall–Kier alpha value is -3.18. The van der Waals surface area contributed by atoms with E-state index >= 15 is 0 Å². The molecule has 11 heteroatoms. The van der Waals surface area contributed by atoms with Gasteiger partial charge in [0.1, 0.15) is 35.0 Å². The zero-order valence-electron chi connectivity index (χ0n) is 19.7. The summed E-state index contributed by atoms with van der Waals surface area (Å²) in [4.78, 5) is 15.5. The lowest BCUT2D eigenvalue weighted by atomic mass is 9.95. The topological polar surface area (TPSA) is 49.6 Å². The van der Waals surface area contributed by atoms with E-state index in [1.165, 1.54) is 30.0 Å². The van der Waals surface area contributed by atoms with E-state index in [0.29, 0.717) is 11.9 Å². The molecule has 0 spiro atoms. The van der Waals surface area contributed by atoms with Crippen LogP contribution in [0, 0.1) is 23.4 Å². The second-order valence-corrected chi connectivity index (χ2v) is 9.36. The van der Waals surface area contributed by atoms with Crippen LogP contribution >= 0.6 is 11.9 Å². The van der Waals surface area contributed by atoms with Crippen molar-refractivity contribution in [3.05, 3.63) is 83.5 Å². The quantitative estimate of drug-likeness (QED) is 0.260.